The van der Waals surface area contributed by atoms with Crippen LogP contribution < -0.4 is 0 Å². The summed E-state index contributed by atoms with van der Waals surface area (Å²) in [6.45, 7) is 3.63. The molecule has 1 aromatic heterocycles. The summed E-state index contributed by atoms with van der Waals surface area (Å²) in [4.78, 5) is 16.4. The SMILES string of the molecule is CCOCC(=O)c1ncc(C2OCCO2)s1. The van der Waals surface area contributed by atoms with E-state index in [1.165, 1.54) is 11.3 Å². The summed E-state index contributed by atoms with van der Waals surface area (Å²) < 4.78 is 15.7. The standard InChI is InChI=1S/C10H13NO4S/c1-2-13-6-7(12)9-11-5-8(16-9)10-14-3-4-15-10/h5,10H,2-4,6H2,1H3. The molecule has 2 rings (SSSR count). The second kappa shape index (κ2) is 5.49. The largest absolute Gasteiger partial charge is 0.373 e. The molecule has 0 N–H and O–H groups in total. The fourth-order valence-electron chi connectivity index (χ4n) is 1.30. The highest BCUT2D eigenvalue weighted by Gasteiger charge is 2.22. The third kappa shape index (κ3) is 2.65. The molecule has 0 spiro atoms. The Labute approximate surface area is 97.3 Å². The number of hydrogen-bond acceptors (Lipinski definition) is 6. The Hall–Kier alpha value is -0.820. The number of nitrogens with zero attached hydrogens (tertiary/aromatic N) is 1. The first-order valence-electron chi connectivity index (χ1n) is 5.11. The first kappa shape index (κ1) is 11.7. The van der Waals surface area contributed by atoms with E-state index >= 15 is 0 Å². The number of ketones is 1. The lowest BCUT2D eigenvalue weighted by Crippen LogP contribution is -2.08. The lowest BCUT2D eigenvalue weighted by Gasteiger charge is -2.03. The average Bonchev–Trinajstić information content (AvgIpc) is 2.94. The van der Waals surface area contributed by atoms with E-state index in [2.05, 4.69) is 4.98 Å². The first-order chi connectivity index (χ1) is 7.81. The first-order valence-corrected chi connectivity index (χ1v) is 5.92. The van der Waals surface area contributed by atoms with Gasteiger partial charge in [-0.3, -0.25) is 4.79 Å². The molecule has 0 bridgehead atoms. The number of aromatic nitrogens is 1. The summed E-state index contributed by atoms with van der Waals surface area (Å²) >= 11 is 1.30. The van der Waals surface area contributed by atoms with Crippen LogP contribution in [0.15, 0.2) is 6.20 Å². The van der Waals surface area contributed by atoms with Gasteiger partial charge < -0.3 is 14.2 Å². The molecule has 1 aliphatic rings. The molecule has 6 heteroatoms. The zero-order chi connectivity index (χ0) is 11.4. The van der Waals surface area contributed by atoms with Gasteiger partial charge in [0, 0.05) is 12.8 Å². The Balaban J connectivity index is 1.98. The van der Waals surface area contributed by atoms with Crippen molar-refractivity contribution in [2.75, 3.05) is 26.4 Å². The van der Waals surface area contributed by atoms with Crippen LogP contribution in [-0.4, -0.2) is 37.2 Å². The Morgan fingerprint density at radius 1 is 1.62 bits per heavy atom. The molecule has 0 aliphatic carbocycles. The highest BCUT2D eigenvalue weighted by atomic mass is 32.1. The Kier molecular flexibility index (Phi) is 4.00. The molecule has 1 aliphatic heterocycles. The number of ether oxygens (including phenoxy) is 3. The fourth-order valence-corrected chi connectivity index (χ4v) is 2.14. The second-order valence-corrected chi connectivity index (χ2v) is 4.26. The third-order valence-corrected chi connectivity index (χ3v) is 3.11. The molecule has 88 valence electrons. The zero-order valence-electron chi connectivity index (χ0n) is 8.97. The van der Waals surface area contributed by atoms with Crippen LogP contribution in [0.25, 0.3) is 0 Å². The maximum absolute atomic E-state index is 11.6. The van der Waals surface area contributed by atoms with Crippen molar-refractivity contribution in [1.82, 2.24) is 4.98 Å². The van der Waals surface area contributed by atoms with Crippen molar-refractivity contribution < 1.29 is 19.0 Å². The molecular formula is C10H13NO4S. The summed E-state index contributed by atoms with van der Waals surface area (Å²) in [5.74, 6) is -0.101. The van der Waals surface area contributed by atoms with Crippen LogP contribution in [0.5, 0.6) is 0 Å². The van der Waals surface area contributed by atoms with Crippen molar-refractivity contribution >= 4 is 17.1 Å². The molecule has 1 fully saturated rings. The molecule has 2 heterocycles. The van der Waals surface area contributed by atoms with Crippen LogP contribution in [0.1, 0.15) is 27.9 Å². The van der Waals surface area contributed by atoms with Gasteiger partial charge in [0.1, 0.15) is 6.61 Å². The highest BCUT2D eigenvalue weighted by molar-refractivity contribution is 7.13. The van der Waals surface area contributed by atoms with E-state index in [-0.39, 0.29) is 18.7 Å². The molecule has 1 aromatic rings. The number of hydrogen-bond donors (Lipinski definition) is 0. The van der Waals surface area contributed by atoms with Gasteiger partial charge in [0.25, 0.3) is 0 Å². The van der Waals surface area contributed by atoms with Crippen LogP contribution in [0.4, 0.5) is 0 Å². The zero-order valence-corrected chi connectivity index (χ0v) is 9.79. The molecule has 0 unspecified atom stereocenters. The lowest BCUT2D eigenvalue weighted by atomic mass is 10.4. The van der Waals surface area contributed by atoms with Gasteiger partial charge in [-0.15, -0.1) is 11.3 Å². The molecular weight excluding hydrogens is 230 g/mol. The van der Waals surface area contributed by atoms with Crippen molar-refractivity contribution in [3.8, 4) is 0 Å². The Morgan fingerprint density at radius 3 is 3.06 bits per heavy atom. The fraction of sp³-hybridized carbons (Fsp3) is 0.600. The molecule has 0 amide bonds. The Bertz CT molecular complexity index is 359. The van der Waals surface area contributed by atoms with Gasteiger partial charge in [0.15, 0.2) is 11.3 Å². The predicted octanol–water partition coefficient (Wildman–Crippen LogP) is 1.41. The molecule has 0 saturated carbocycles. The highest BCUT2D eigenvalue weighted by Crippen LogP contribution is 2.28. The quantitative estimate of drug-likeness (QED) is 0.732. The van der Waals surface area contributed by atoms with E-state index in [1.807, 2.05) is 6.92 Å². The van der Waals surface area contributed by atoms with Gasteiger partial charge in [-0.1, -0.05) is 0 Å². The minimum absolute atomic E-state index is 0.0792. The maximum atomic E-state index is 11.6. The van der Waals surface area contributed by atoms with Gasteiger partial charge in [0.05, 0.1) is 18.1 Å². The minimum atomic E-state index is -0.355. The van der Waals surface area contributed by atoms with E-state index in [1.54, 1.807) is 6.20 Å². The summed E-state index contributed by atoms with van der Waals surface area (Å²) in [7, 11) is 0. The van der Waals surface area contributed by atoms with Gasteiger partial charge in [-0.05, 0) is 6.92 Å². The van der Waals surface area contributed by atoms with Crippen molar-refractivity contribution in [3.05, 3.63) is 16.1 Å². The number of rotatable bonds is 5. The van der Waals surface area contributed by atoms with Crippen molar-refractivity contribution in [2.24, 2.45) is 0 Å². The van der Waals surface area contributed by atoms with E-state index < -0.39 is 0 Å². The van der Waals surface area contributed by atoms with Crippen LogP contribution in [0, 0.1) is 0 Å². The van der Waals surface area contributed by atoms with E-state index in [0.717, 1.165) is 4.88 Å². The number of carbonyl (C=O) groups excluding carboxylic acids is 1. The monoisotopic (exact) mass is 243 g/mol. The van der Waals surface area contributed by atoms with Crippen LogP contribution in [-0.2, 0) is 14.2 Å². The third-order valence-electron chi connectivity index (χ3n) is 2.05. The van der Waals surface area contributed by atoms with Crippen LogP contribution >= 0.6 is 11.3 Å². The van der Waals surface area contributed by atoms with Crippen molar-refractivity contribution in [3.63, 3.8) is 0 Å². The molecule has 16 heavy (non-hydrogen) atoms. The summed E-state index contributed by atoms with van der Waals surface area (Å²) in [5.41, 5.74) is 0. The van der Waals surface area contributed by atoms with E-state index in [9.17, 15) is 4.79 Å². The molecule has 0 aromatic carbocycles. The summed E-state index contributed by atoms with van der Waals surface area (Å²) in [6, 6.07) is 0. The van der Waals surface area contributed by atoms with Crippen LogP contribution in [0.2, 0.25) is 0 Å². The van der Waals surface area contributed by atoms with E-state index in [0.29, 0.717) is 24.8 Å². The van der Waals surface area contributed by atoms with Gasteiger partial charge >= 0.3 is 0 Å². The summed E-state index contributed by atoms with van der Waals surface area (Å²) in [6.07, 6.45) is 1.27. The van der Waals surface area contributed by atoms with Gasteiger partial charge in [-0.2, -0.15) is 0 Å². The van der Waals surface area contributed by atoms with Gasteiger partial charge in [0.2, 0.25) is 5.78 Å². The summed E-state index contributed by atoms with van der Waals surface area (Å²) in [5, 5.41) is 0.447. The van der Waals surface area contributed by atoms with Crippen molar-refractivity contribution in [2.45, 2.75) is 13.2 Å². The van der Waals surface area contributed by atoms with Gasteiger partial charge in [-0.25, -0.2) is 4.98 Å². The number of carbonyl (C=O) groups is 1. The molecule has 5 nitrogen and oxygen atoms in total. The number of Topliss-reactive ketones (excluding diaryl/α,β-unsaturated/α-hetero) is 1. The Morgan fingerprint density at radius 2 is 2.38 bits per heavy atom. The van der Waals surface area contributed by atoms with Crippen LogP contribution in [0.3, 0.4) is 0 Å². The predicted molar refractivity (Wildman–Crippen MR) is 57.6 cm³/mol. The van der Waals surface area contributed by atoms with Crippen molar-refractivity contribution in [1.29, 1.82) is 0 Å². The minimum Gasteiger partial charge on any atom is -0.373 e. The smallest absolute Gasteiger partial charge is 0.216 e. The lowest BCUT2D eigenvalue weighted by molar-refractivity contribution is -0.0414. The van der Waals surface area contributed by atoms with E-state index in [4.69, 9.17) is 14.2 Å². The second-order valence-electron chi connectivity index (χ2n) is 3.20. The average molecular weight is 243 g/mol. The normalized spacial score (nSPS) is 16.8. The number of thiazole rings is 1. The topological polar surface area (TPSA) is 57.7 Å². The maximum Gasteiger partial charge on any atom is 0.216 e. The molecule has 0 atom stereocenters. The molecule has 0 radical (unpaired) electrons. The molecule has 1 saturated heterocycles.